The van der Waals surface area contributed by atoms with Gasteiger partial charge in [-0.3, -0.25) is 0 Å². The van der Waals surface area contributed by atoms with Crippen LogP contribution < -0.4 is 5.73 Å². The van der Waals surface area contributed by atoms with Crippen molar-refractivity contribution in [3.05, 3.63) is 29.3 Å². The molecule has 0 aromatic heterocycles. The van der Waals surface area contributed by atoms with E-state index in [9.17, 15) is 8.42 Å². The number of hydrogen-bond acceptors (Lipinski definition) is 4. The van der Waals surface area contributed by atoms with Gasteiger partial charge in [-0.1, -0.05) is 6.07 Å². The van der Waals surface area contributed by atoms with Crippen LogP contribution in [0.4, 0.5) is 0 Å². The number of ether oxygens (including phenoxy) is 1. The molecule has 2 unspecified atom stereocenters. The van der Waals surface area contributed by atoms with E-state index in [0.29, 0.717) is 18.0 Å². The van der Waals surface area contributed by atoms with E-state index in [0.717, 1.165) is 17.5 Å². The molecule has 2 rings (SSSR count). The summed E-state index contributed by atoms with van der Waals surface area (Å²) in [6, 6.07) is 5.00. The fourth-order valence-electron chi connectivity index (χ4n) is 2.60. The quantitative estimate of drug-likeness (QED) is 0.908. The van der Waals surface area contributed by atoms with E-state index in [2.05, 4.69) is 0 Å². The molecule has 6 heteroatoms. The van der Waals surface area contributed by atoms with Crippen molar-refractivity contribution in [3.8, 4) is 0 Å². The highest BCUT2D eigenvalue weighted by molar-refractivity contribution is 7.89. The minimum atomic E-state index is -3.49. The Kier molecular flexibility index (Phi) is 4.49. The van der Waals surface area contributed by atoms with Crippen molar-refractivity contribution >= 4 is 10.0 Å². The third kappa shape index (κ3) is 2.74. The molecule has 0 amide bonds. The molecule has 0 bridgehead atoms. The number of nitrogens with two attached hydrogens (primary N) is 1. The van der Waals surface area contributed by atoms with Gasteiger partial charge in [-0.25, -0.2) is 8.42 Å². The number of likely N-dealkylation sites (N-methyl/N-ethyl adjacent to an activating group) is 1. The van der Waals surface area contributed by atoms with Crippen LogP contribution in [0.15, 0.2) is 23.1 Å². The van der Waals surface area contributed by atoms with E-state index in [1.165, 1.54) is 4.31 Å². The summed E-state index contributed by atoms with van der Waals surface area (Å²) in [4.78, 5) is 0.314. The highest BCUT2D eigenvalue weighted by Gasteiger charge is 2.35. The molecular weight excluding hydrogens is 276 g/mol. The molecule has 2 N–H and O–H groups in total. The van der Waals surface area contributed by atoms with Crippen LogP contribution in [0.3, 0.4) is 0 Å². The number of nitrogens with zero attached hydrogens (tertiary/aromatic N) is 1. The topological polar surface area (TPSA) is 72.6 Å². The number of aryl methyl sites for hydroxylation is 1. The number of benzene rings is 1. The first kappa shape index (κ1) is 15.4. The Morgan fingerprint density at radius 3 is 2.65 bits per heavy atom. The molecule has 1 heterocycles. The third-order valence-corrected chi connectivity index (χ3v) is 5.89. The number of hydrogen-bond donors (Lipinski definition) is 1. The zero-order valence-corrected chi connectivity index (χ0v) is 13.0. The van der Waals surface area contributed by atoms with Crippen LogP contribution in [0.2, 0.25) is 0 Å². The predicted octanol–water partition coefficient (Wildman–Crippen LogP) is 1.25. The minimum Gasteiger partial charge on any atom is -0.377 e. The van der Waals surface area contributed by atoms with Gasteiger partial charge in [0.2, 0.25) is 10.0 Å². The fourth-order valence-corrected chi connectivity index (χ4v) is 4.13. The Labute approximate surface area is 120 Å². The molecule has 2 atom stereocenters. The Hall–Kier alpha value is -0.950. The molecule has 20 heavy (non-hydrogen) atoms. The fraction of sp³-hybridized carbons (Fsp3) is 0.571. The van der Waals surface area contributed by atoms with E-state index in [-0.39, 0.29) is 12.1 Å². The van der Waals surface area contributed by atoms with Crippen LogP contribution in [0.5, 0.6) is 0 Å². The molecule has 112 valence electrons. The summed E-state index contributed by atoms with van der Waals surface area (Å²) >= 11 is 0. The van der Waals surface area contributed by atoms with Crippen molar-refractivity contribution < 1.29 is 13.2 Å². The van der Waals surface area contributed by atoms with Gasteiger partial charge in [0.15, 0.2) is 0 Å². The van der Waals surface area contributed by atoms with Gasteiger partial charge in [-0.2, -0.15) is 4.31 Å². The molecule has 1 fully saturated rings. The lowest BCUT2D eigenvalue weighted by molar-refractivity contribution is 0.102. The van der Waals surface area contributed by atoms with Gasteiger partial charge in [-0.05, 0) is 43.5 Å². The highest BCUT2D eigenvalue weighted by atomic mass is 32.2. The maximum atomic E-state index is 12.7. The average molecular weight is 298 g/mol. The lowest BCUT2D eigenvalue weighted by atomic mass is 10.1. The van der Waals surface area contributed by atoms with Crippen molar-refractivity contribution in [1.82, 2.24) is 4.31 Å². The zero-order chi connectivity index (χ0) is 14.9. The number of rotatable bonds is 4. The van der Waals surface area contributed by atoms with Crippen molar-refractivity contribution in [2.45, 2.75) is 43.9 Å². The highest BCUT2D eigenvalue weighted by Crippen LogP contribution is 2.25. The summed E-state index contributed by atoms with van der Waals surface area (Å²) in [5, 5.41) is 0. The van der Waals surface area contributed by atoms with Gasteiger partial charge >= 0.3 is 0 Å². The summed E-state index contributed by atoms with van der Waals surface area (Å²) in [7, 11) is -1.87. The SMILES string of the molecule is Cc1cc(S(=O)(=O)N(C)C2CCOC2C)ccc1CN. The van der Waals surface area contributed by atoms with Gasteiger partial charge in [0, 0.05) is 20.2 Å². The van der Waals surface area contributed by atoms with Crippen LogP contribution in [0.1, 0.15) is 24.5 Å². The van der Waals surface area contributed by atoms with Gasteiger partial charge in [0.25, 0.3) is 0 Å². The monoisotopic (exact) mass is 298 g/mol. The molecule has 1 aromatic carbocycles. The molecular formula is C14H22N2O3S. The third-order valence-electron chi connectivity index (χ3n) is 4.01. The lowest BCUT2D eigenvalue weighted by Crippen LogP contribution is -2.40. The second-order valence-corrected chi connectivity index (χ2v) is 7.24. The van der Waals surface area contributed by atoms with E-state index in [4.69, 9.17) is 10.5 Å². The minimum absolute atomic E-state index is 0.0702. The van der Waals surface area contributed by atoms with Crippen molar-refractivity contribution in [2.75, 3.05) is 13.7 Å². The largest absolute Gasteiger partial charge is 0.377 e. The van der Waals surface area contributed by atoms with Crippen molar-refractivity contribution in [1.29, 1.82) is 0 Å². The maximum Gasteiger partial charge on any atom is 0.243 e. The first-order valence-corrected chi connectivity index (χ1v) is 8.21. The Bertz CT molecular complexity index is 586. The second kappa shape index (κ2) is 5.81. The van der Waals surface area contributed by atoms with Crippen LogP contribution in [0, 0.1) is 6.92 Å². The standard InChI is InChI=1S/C14H22N2O3S/c1-10-8-13(5-4-12(10)9-15)20(17,18)16(3)14-6-7-19-11(14)2/h4-5,8,11,14H,6-7,9,15H2,1-3H3. The van der Waals surface area contributed by atoms with E-state index in [1.807, 2.05) is 13.8 Å². The molecule has 0 saturated carbocycles. The van der Waals surface area contributed by atoms with Gasteiger partial charge < -0.3 is 10.5 Å². The molecule has 0 spiro atoms. The van der Waals surface area contributed by atoms with Crippen LogP contribution in [-0.4, -0.2) is 38.5 Å². The van der Waals surface area contributed by atoms with E-state index >= 15 is 0 Å². The zero-order valence-electron chi connectivity index (χ0n) is 12.2. The lowest BCUT2D eigenvalue weighted by Gasteiger charge is -2.26. The predicted molar refractivity (Wildman–Crippen MR) is 77.8 cm³/mol. The number of sulfonamides is 1. The van der Waals surface area contributed by atoms with Gasteiger partial charge in [0.1, 0.15) is 0 Å². The molecule has 1 aromatic rings. The van der Waals surface area contributed by atoms with Crippen LogP contribution in [-0.2, 0) is 21.3 Å². The Balaban J connectivity index is 2.32. The first-order chi connectivity index (χ1) is 9.37. The summed E-state index contributed by atoms with van der Waals surface area (Å²) < 4.78 is 32.2. The normalized spacial score (nSPS) is 23.4. The maximum absolute atomic E-state index is 12.7. The Morgan fingerprint density at radius 1 is 1.45 bits per heavy atom. The molecule has 1 saturated heterocycles. The molecule has 1 aliphatic heterocycles. The van der Waals surface area contributed by atoms with Gasteiger partial charge in [0.05, 0.1) is 17.0 Å². The van der Waals surface area contributed by atoms with Gasteiger partial charge in [-0.15, -0.1) is 0 Å². The second-order valence-electron chi connectivity index (χ2n) is 5.25. The van der Waals surface area contributed by atoms with Crippen molar-refractivity contribution in [3.63, 3.8) is 0 Å². The van der Waals surface area contributed by atoms with Crippen LogP contribution in [0.25, 0.3) is 0 Å². The molecule has 0 radical (unpaired) electrons. The van der Waals surface area contributed by atoms with Crippen LogP contribution >= 0.6 is 0 Å². The smallest absolute Gasteiger partial charge is 0.243 e. The van der Waals surface area contributed by atoms with E-state index < -0.39 is 10.0 Å². The first-order valence-electron chi connectivity index (χ1n) is 6.77. The van der Waals surface area contributed by atoms with E-state index in [1.54, 1.807) is 25.2 Å². The molecule has 5 nitrogen and oxygen atoms in total. The summed E-state index contributed by atoms with van der Waals surface area (Å²) in [6.07, 6.45) is 0.663. The summed E-state index contributed by atoms with van der Waals surface area (Å²) in [6.45, 7) is 4.81. The Morgan fingerprint density at radius 2 is 2.15 bits per heavy atom. The molecule has 0 aliphatic carbocycles. The summed E-state index contributed by atoms with van der Waals surface area (Å²) in [5.41, 5.74) is 7.47. The molecule has 1 aliphatic rings. The van der Waals surface area contributed by atoms with Crippen molar-refractivity contribution in [2.24, 2.45) is 5.73 Å². The summed E-state index contributed by atoms with van der Waals surface area (Å²) in [5.74, 6) is 0. The average Bonchev–Trinajstić information content (AvgIpc) is 2.83.